The number of ether oxygens (including phenoxy) is 1. The third-order valence-electron chi connectivity index (χ3n) is 7.67. The van der Waals surface area contributed by atoms with Gasteiger partial charge in [0.15, 0.2) is 0 Å². The molecule has 8 heteroatoms. The molecule has 0 saturated carbocycles. The Labute approximate surface area is 206 Å². The zero-order valence-electron chi connectivity index (χ0n) is 20.4. The Morgan fingerprint density at radius 2 is 1.88 bits per heavy atom. The zero-order chi connectivity index (χ0) is 24.3. The van der Waals surface area contributed by atoms with Crippen molar-refractivity contribution in [3.8, 4) is 0 Å². The molecule has 2 amide bonds. The number of carbonyl (C=O) groups excluding carboxylic acids is 3. The van der Waals surface area contributed by atoms with Crippen LogP contribution in [0.5, 0.6) is 0 Å². The molecule has 0 aromatic heterocycles. The number of cyclic esters (lactones) is 1. The van der Waals surface area contributed by atoms with Crippen LogP contribution in [0.3, 0.4) is 0 Å². The number of hydrogen-bond donors (Lipinski definition) is 1. The number of fused-ring (bicyclic) bond motifs is 2. The molecule has 0 aromatic carbocycles. The van der Waals surface area contributed by atoms with Crippen molar-refractivity contribution in [2.24, 2.45) is 11.8 Å². The van der Waals surface area contributed by atoms with E-state index >= 15 is 0 Å². The van der Waals surface area contributed by atoms with Crippen LogP contribution in [0.15, 0.2) is 24.3 Å². The first-order chi connectivity index (χ1) is 16.4. The lowest BCUT2D eigenvalue weighted by Gasteiger charge is -2.37. The third-order valence-corrected chi connectivity index (χ3v) is 9.47. The van der Waals surface area contributed by atoms with Crippen molar-refractivity contribution in [1.29, 1.82) is 0 Å². The average molecular weight is 491 g/mol. The molecule has 4 rings (SSSR count). The van der Waals surface area contributed by atoms with E-state index in [0.717, 1.165) is 32.1 Å². The van der Waals surface area contributed by atoms with Gasteiger partial charge in [-0.15, -0.1) is 11.8 Å². The molecule has 5 atom stereocenters. The molecule has 0 bridgehead atoms. The minimum atomic E-state index is -0.798. The summed E-state index contributed by atoms with van der Waals surface area (Å²) >= 11 is 1.60. The number of aliphatic hydroxyl groups is 1. The number of amides is 2. The molecule has 0 radical (unpaired) electrons. The summed E-state index contributed by atoms with van der Waals surface area (Å²) in [6.45, 7) is 6.24. The highest BCUT2D eigenvalue weighted by molar-refractivity contribution is 8.02. The molecule has 7 nitrogen and oxygen atoms in total. The first-order valence-electron chi connectivity index (χ1n) is 12.8. The third kappa shape index (κ3) is 4.32. The van der Waals surface area contributed by atoms with Gasteiger partial charge in [-0.05, 0) is 45.4 Å². The van der Waals surface area contributed by atoms with Crippen molar-refractivity contribution in [3.63, 3.8) is 0 Å². The van der Waals surface area contributed by atoms with E-state index in [1.165, 1.54) is 0 Å². The highest BCUT2D eigenvalue weighted by Crippen LogP contribution is 2.65. The topological polar surface area (TPSA) is 87.2 Å². The summed E-state index contributed by atoms with van der Waals surface area (Å²) in [4.78, 5) is 45.0. The molecule has 1 spiro atoms. The van der Waals surface area contributed by atoms with E-state index in [4.69, 9.17) is 4.74 Å². The van der Waals surface area contributed by atoms with Gasteiger partial charge in [-0.25, -0.2) is 0 Å². The summed E-state index contributed by atoms with van der Waals surface area (Å²) in [7, 11) is 0. The van der Waals surface area contributed by atoms with Gasteiger partial charge >= 0.3 is 5.97 Å². The molecule has 2 saturated heterocycles. The molecular weight excluding hydrogens is 452 g/mol. The Morgan fingerprint density at radius 1 is 1.06 bits per heavy atom. The maximum atomic E-state index is 14.0. The highest BCUT2D eigenvalue weighted by atomic mass is 32.2. The van der Waals surface area contributed by atoms with Crippen molar-refractivity contribution in [3.05, 3.63) is 24.3 Å². The van der Waals surface area contributed by atoms with Gasteiger partial charge < -0.3 is 19.6 Å². The van der Waals surface area contributed by atoms with Crippen LogP contribution in [-0.4, -0.2) is 81.1 Å². The average Bonchev–Trinajstić information content (AvgIpc) is 3.16. The number of rotatable bonds is 8. The summed E-state index contributed by atoms with van der Waals surface area (Å²) in [5, 5.41) is 9.17. The summed E-state index contributed by atoms with van der Waals surface area (Å²) in [6.07, 6.45) is 13.9. The van der Waals surface area contributed by atoms with Crippen LogP contribution in [0.2, 0.25) is 0 Å². The Balaban J connectivity index is 1.76. The van der Waals surface area contributed by atoms with Crippen molar-refractivity contribution in [1.82, 2.24) is 9.80 Å². The second-order valence-electron chi connectivity index (χ2n) is 10.1. The lowest BCUT2D eigenvalue weighted by Crippen LogP contribution is -2.53. The van der Waals surface area contributed by atoms with Gasteiger partial charge in [0, 0.05) is 31.0 Å². The summed E-state index contributed by atoms with van der Waals surface area (Å²) in [6, 6.07) is -0.631. The minimum Gasteiger partial charge on any atom is -0.465 e. The maximum Gasteiger partial charge on any atom is 0.311 e. The Morgan fingerprint density at radius 3 is 2.65 bits per heavy atom. The molecule has 188 valence electrons. The van der Waals surface area contributed by atoms with Gasteiger partial charge in [0.05, 0.1) is 23.2 Å². The van der Waals surface area contributed by atoms with Gasteiger partial charge in [-0.3, -0.25) is 14.4 Å². The van der Waals surface area contributed by atoms with Crippen LogP contribution >= 0.6 is 11.8 Å². The van der Waals surface area contributed by atoms with E-state index in [0.29, 0.717) is 39.1 Å². The predicted octanol–water partition coefficient (Wildman–Crippen LogP) is 2.93. The lowest BCUT2D eigenvalue weighted by atomic mass is 9.74. The standard InChI is InChI=1S/C26H38N2O5S/c1-3-4-14-27-15-11-13-26-19(20-24(32)33-18-10-5-7-12-25(20,2)34-26)22(30)28(21(26)23(27)31)16-8-6-9-17-29/h7,11-13,19-21,29H,3-6,8-10,14-18H2,1-2H3/b12-7-/t19-,20-,21?,25+,26-/m0/s1. The maximum absolute atomic E-state index is 14.0. The van der Waals surface area contributed by atoms with Gasteiger partial charge in [0.25, 0.3) is 0 Å². The Kier molecular flexibility index (Phi) is 7.77. The van der Waals surface area contributed by atoms with E-state index in [1.54, 1.807) is 16.7 Å². The first-order valence-corrected chi connectivity index (χ1v) is 13.6. The van der Waals surface area contributed by atoms with E-state index < -0.39 is 27.4 Å². The zero-order valence-corrected chi connectivity index (χ0v) is 21.2. The summed E-state index contributed by atoms with van der Waals surface area (Å²) in [5.41, 5.74) is 0. The Bertz CT molecular complexity index is 860. The monoisotopic (exact) mass is 490 g/mol. The Hall–Kier alpha value is -1.80. The van der Waals surface area contributed by atoms with Crippen LogP contribution in [0, 0.1) is 11.8 Å². The van der Waals surface area contributed by atoms with Gasteiger partial charge in [-0.2, -0.15) is 0 Å². The van der Waals surface area contributed by atoms with Gasteiger partial charge in [-0.1, -0.05) is 37.6 Å². The molecule has 4 aliphatic heterocycles. The van der Waals surface area contributed by atoms with Crippen LogP contribution in [-0.2, 0) is 19.1 Å². The number of esters is 1. The van der Waals surface area contributed by atoms with Crippen molar-refractivity contribution >= 4 is 29.5 Å². The fourth-order valence-corrected chi connectivity index (χ4v) is 8.19. The second kappa shape index (κ2) is 10.4. The molecule has 1 unspecified atom stereocenters. The molecule has 34 heavy (non-hydrogen) atoms. The van der Waals surface area contributed by atoms with Gasteiger partial charge in [0.2, 0.25) is 11.8 Å². The van der Waals surface area contributed by atoms with Crippen LogP contribution < -0.4 is 0 Å². The van der Waals surface area contributed by atoms with E-state index in [-0.39, 0.29) is 24.4 Å². The van der Waals surface area contributed by atoms with Crippen molar-refractivity contribution in [2.45, 2.75) is 74.3 Å². The van der Waals surface area contributed by atoms with Crippen LogP contribution in [0.4, 0.5) is 0 Å². The number of nitrogens with zero attached hydrogens (tertiary/aromatic N) is 2. The van der Waals surface area contributed by atoms with E-state index in [2.05, 4.69) is 25.2 Å². The quantitative estimate of drug-likeness (QED) is 0.320. The molecule has 4 aliphatic rings. The number of hydrogen-bond acceptors (Lipinski definition) is 6. The number of thioether (sulfide) groups is 1. The van der Waals surface area contributed by atoms with E-state index in [1.807, 2.05) is 17.9 Å². The SMILES string of the molecule is CCCCN1CC=C[C@]23S[C@]4(C)/C=C\CCCOC(=O)[C@@H]4[C@H]2C(=O)N(CCCCCO)C3C1=O. The van der Waals surface area contributed by atoms with Crippen molar-refractivity contribution < 1.29 is 24.2 Å². The smallest absolute Gasteiger partial charge is 0.311 e. The molecule has 2 fully saturated rings. The number of allylic oxidation sites excluding steroid dienone is 1. The summed E-state index contributed by atoms with van der Waals surface area (Å²) < 4.78 is 4.23. The number of carbonyl (C=O) groups is 3. The molecule has 0 aliphatic carbocycles. The minimum absolute atomic E-state index is 0.0172. The molecular formula is C26H38N2O5S. The lowest BCUT2D eigenvalue weighted by molar-refractivity contribution is -0.154. The van der Waals surface area contributed by atoms with Gasteiger partial charge in [0.1, 0.15) is 6.04 Å². The molecule has 4 heterocycles. The predicted molar refractivity (Wildman–Crippen MR) is 132 cm³/mol. The normalized spacial score (nSPS) is 36.2. The number of aliphatic hydroxyl groups excluding tert-OH is 1. The number of likely N-dealkylation sites (tertiary alicyclic amines) is 1. The largest absolute Gasteiger partial charge is 0.465 e. The van der Waals surface area contributed by atoms with Crippen molar-refractivity contribution in [2.75, 3.05) is 32.8 Å². The fraction of sp³-hybridized carbons (Fsp3) is 0.731. The fourth-order valence-electron chi connectivity index (χ4n) is 6.04. The molecule has 1 N–H and O–H groups in total. The van der Waals surface area contributed by atoms with E-state index in [9.17, 15) is 19.5 Å². The summed E-state index contributed by atoms with van der Waals surface area (Å²) in [5.74, 6) is -1.73. The number of unbranched alkanes of at least 4 members (excludes halogenated alkanes) is 3. The highest BCUT2D eigenvalue weighted by Gasteiger charge is 2.73. The second-order valence-corrected chi connectivity index (χ2v) is 11.9. The first kappa shape index (κ1) is 25.3. The van der Waals surface area contributed by atoms with Crippen LogP contribution in [0.25, 0.3) is 0 Å². The molecule has 0 aromatic rings. The van der Waals surface area contributed by atoms with Crippen LogP contribution in [0.1, 0.15) is 58.8 Å².